The molecule has 0 radical (unpaired) electrons. The van der Waals surface area contributed by atoms with Crippen molar-refractivity contribution in [2.45, 2.75) is 52.7 Å². The van der Waals surface area contributed by atoms with Gasteiger partial charge >= 0.3 is 0 Å². The van der Waals surface area contributed by atoms with Gasteiger partial charge in [0.2, 0.25) is 5.91 Å². The SMILES string of the molecule is CC[C@H](C)NC(=O)[C@H](C)N(Cc1ccc(Cl)c(Cl)c1)C(=O)COc1ccc(Cl)c(C)c1. The first-order valence-corrected chi connectivity index (χ1v) is 11.2. The van der Waals surface area contributed by atoms with Gasteiger partial charge in [-0.05, 0) is 68.7 Å². The second kappa shape index (κ2) is 11.6. The fourth-order valence-electron chi connectivity index (χ4n) is 2.82. The van der Waals surface area contributed by atoms with Crippen LogP contribution in [-0.2, 0) is 16.1 Å². The number of nitrogens with zero attached hydrogens (tertiary/aromatic N) is 1. The van der Waals surface area contributed by atoms with Crippen molar-refractivity contribution in [1.29, 1.82) is 0 Å². The van der Waals surface area contributed by atoms with Crippen LogP contribution in [0.1, 0.15) is 38.3 Å². The Labute approximate surface area is 198 Å². The summed E-state index contributed by atoms with van der Waals surface area (Å²) >= 11 is 18.2. The van der Waals surface area contributed by atoms with Gasteiger partial charge in [0.05, 0.1) is 10.0 Å². The number of hydrogen-bond donors (Lipinski definition) is 1. The number of hydrogen-bond acceptors (Lipinski definition) is 3. The lowest BCUT2D eigenvalue weighted by Gasteiger charge is -2.29. The van der Waals surface area contributed by atoms with Gasteiger partial charge in [-0.25, -0.2) is 0 Å². The number of rotatable bonds is 9. The summed E-state index contributed by atoms with van der Waals surface area (Å²) in [4.78, 5) is 27.3. The lowest BCUT2D eigenvalue weighted by atomic mass is 10.1. The monoisotopic (exact) mass is 484 g/mol. The molecule has 31 heavy (non-hydrogen) atoms. The molecule has 2 aromatic rings. The molecular weight excluding hydrogens is 459 g/mol. The van der Waals surface area contributed by atoms with Crippen LogP contribution in [0, 0.1) is 6.92 Å². The minimum atomic E-state index is -0.702. The molecule has 2 amide bonds. The van der Waals surface area contributed by atoms with E-state index >= 15 is 0 Å². The molecule has 0 bridgehead atoms. The zero-order valence-corrected chi connectivity index (χ0v) is 20.3. The van der Waals surface area contributed by atoms with Crippen LogP contribution in [0.4, 0.5) is 0 Å². The van der Waals surface area contributed by atoms with Crippen LogP contribution in [0.2, 0.25) is 15.1 Å². The average molecular weight is 486 g/mol. The Balaban J connectivity index is 2.19. The molecule has 0 fully saturated rings. The van der Waals surface area contributed by atoms with Gasteiger partial charge in [0.1, 0.15) is 11.8 Å². The summed E-state index contributed by atoms with van der Waals surface area (Å²) in [6, 6.07) is 9.61. The Morgan fingerprint density at radius 3 is 2.32 bits per heavy atom. The van der Waals surface area contributed by atoms with Crippen LogP contribution in [0.25, 0.3) is 0 Å². The molecule has 0 spiro atoms. The maximum absolute atomic E-state index is 13.1. The van der Waals surface area contributed by atoms with E-state index in [1.54, 1.807) is 43.3 Å². The Morgan fingerprint density at radius 1 is 1.03 bits per heavy atom. The van der Waals surface area contributed by atoms with E-state index in [4.69, 9.17) is 39.5 Å². The van der Waals surface area contributed by atoms with E-state index < -0.39 is 6.04 Å². The summed E-state index contributed by atoms with van der Waals surface area (Å²) in [6.07, 6.45) is 0.790. The standard InChI is InChI=1S/C23H27Cl3N2O3/c1-5-15(3)27-23(30)16(4)28(12-17-6-8-20(25)21(26)11-17)22(29)13-31-18-7-9-19(24)14(2)10-18/h6-11,15-16H,5,12-13H2,1-4H3,(H,27,30)/t15-,16-/m0/s1. The Bertz CT molecular complexity index is 936. The Kier molecular flexibility index (Phi) is 9.48. The van der Waals surface area contributed by atoms with Gasteiger partial charge in [-0.3, -0.25) is 9.59 Å². The largest absolute Gasteiger partial charge is 0.484 e. The fraction of sp³-hybridized carbons (Fsp3) is 0.391. The maximum Gasteiger partial charge on any atom is 0.261 e. The van der Waals surface area contributed by atoms with Crippen molar-refractivity contribution < 1.29 is 14.3 Å². The van der Waals surface area contributed by atoms with Gasteiger partial charge < -0.3 is 15.0 Å². The van der Waals surface area contributed by atoms with E-state index in [1.165, 1.54) is 4.90 Å². The molecule has 1 N–H and O–H groups in total. The predicted molar refractivity (Wildman–Crippen MR) is 126 cm³/mol. The third-order valence-electron chi connectivity index (χ3n) is 5.00. The first-order valence-electron chi connectivity index (χ1n) is 10.0. The van der Waals surface area contributed by atoms with Crippen molar-refractivity contribution in [3.63, 3.8) is 0 Å². The van der Waals surface area contributed by atoms with Crippen LogP contribution in [0.15, 0.2) is 36.4 Å². The smallest absolute Gasteiger partial charge is 0.261 e. The average Bonchev–Trinajstić information content (AvgIpc) is 2.74. The van der Waals surface area contributed by atoms with E-state index in [-0.39, 0.29) is 31.0 Å². The van der Waals surface area contributed by atoms with Crippen LogP contribution in [-0.4, -0.2) is 35.4 Å². The molecule has 8 heteroatoms. The highest BCUT2D eigenvalue weighted by atomic mass is 35.5. The summed E-state index contributed by atoms with van der Waals surface area (Å²) in [5.74, 6) is -0.0305. The highest BCUT2D eigenvalue weighted by Crippen LogP contribution is 2.24. The lowest BCUT2D eigenvalue weighted by Crippen LogP contribution is -2.50. The molecule has 0 aliphatic rings. The molecule has 0 heterocycles. The number of ether oxygens (including phenoxy) is 1. The molecule has 0 aliphatic carbocycles. The van der Waals surface area contributed by atoms with Crippen molar-refractivity contribution in [2.75, 3.05) is 6.61 Å². The van der Waals surface area contributed by atoms with Gasteiger partial charge in [0, 0.05) is 17.6 Å². The summed E-state index contributed by atoms with van der Waals surface area (Å²) in [5, 5.41) is 4.35. The van der Waals surface area contributed by atoms with Gasteiger partial charge in [-0.2, -0.15) is 0 Å². The first-order chi connectivity index (χ1) is 14.6. The molecule has 2 atom stereocenters. The van der Waals surface area contributed by atoms with Crippen LogP contribution < -0.4 is 10.1 Å². The Hall–Kier alpha value is -1.95. The van der Waals surface area contributed by atoms with Crippen molar-refractivity contribution in [2.24, 2.45) is 0 Å². The molecule has 5 nitrogen and oxygen atoms in total. The number of carbonyl (C=O) groups is 2. The normalized spacial score (nSPS) is 12.7. The number of benzene rings is 2. The van der Waals surface area contributed by atoms with E-state index in [0.717, 1.165) is 17.5 Å². The zero-order chi connectivity index (χ0) is 23.1. The number of amides is 2. The van der Waals surface area contributed by atoms with Crippen LogP contribution >= 0.6 is 34.8 Å². The molecule has 0 saturated carbocycles. The van der Waals surface area contributed by atoms with Gasteiger partial charge in [0.25, 0.3) is 5.91 Å². The van der Waals surface area contributed by atoms with E-state index in [1.807, 2.05) is 20.8 Å². The second-order valence-corrected chi connectivity index (χ2v) is 8.69. The molecule has 0 aliphatic heterocycles. The van der Waals surface area contributed by atoms with E-state index in [2.05, 4.69) is 5.32 Å². The summed E-state index contributed by atoms with van der Waals surface area (Å²) in [6.45, 7) is 7.42. The maximum atomic E-state index is 13.1. The summed E-state index contributed by atoms with van der Waals surface area (Å²) in [7, 11) is 0. The lowest BCUT2D eigenvalue weighted by molar-refractivity contribution is -0.142. The molecule has 0 saturated heterocycles. The van der Waals surface area contributed by atoms with Gasteiger partial charge in [-0.1, -0.05) is 47.8 Å². The number of aryl methyl sites for hydroxylation is 1. The topological polar surface area (TPSA) is 58.6 Å². The minimum absolute atomic E-state index is 0.00479. The minimum Gasteiger partial charge on any atom is -0.484 e. The number of carbonyl (C=O) groups excluding carboxylic acids is 2. The zero-order valence-electron chi connectivity index (χ0n) is 18.0. The molecule has 2 aromatic carbocycles. The molecule has 0 unspecified atom stereocenters. The van der Waals surface area contributed by atoms with Crippen LogP contribution in [0.5, 0.6) is 5.75 Å². The van der Waals surface area contributed by atoms with Crippen LogP contribution in [0.3, 0.4) is 0 Å². The van der Waals surface area contributed by atoms with Crippen molar-refractivity contribution in [3.05, 3.63) is 62.6 Å². The molecule has 0 aromatic heterocycles. The summed E-state index contributed by atoms with van der Waals surface area (Å²) < 4.78 is 5.67. The quantitative estimate of drug-likeness (QED) is 0.498. The van der Waals surface area contributed by atoms with Crippen molar-refractivity contribution in [1.82, 2.24) is 10.2 Å². The highest BCUT2D eigenvalue weighted by molar-refractivity contribution is 6.42. The summed E-state index contributed by atoms with van der Waals surface area (Å²) in [5.41, 5.74) is 1.61. The number of nitrogens with one attached hydrogen (secondary N) is 1. The third kappa shape index (κ3) is 7.30. The molecular formula is C23H27Cl3N2O3. The van der Waals surface area contributed by atoms with Gasteiger partial charge in [0.15, 0.2) is 6.61 Å². The highest BCUT2D eigenvalue weighted by Gasteiger charge is 2.27. The van der Waals surface area contributed by atoms with Gasteiger partial charge in [-0.15, -0.1) is 0 Å². The van der Waals surface area contributed by atoms with Crippen molar-refractivity contribution >= 4 is 46.6 Å². The number of halogens is 3. The van der Waals surface area contributed by atoms with E-state index in [0.29, 0.717) is 20.8 Å². The second-order valence-electron chi connectivity index (χ2n) is 7.46. The van der Waals surface area contributed by atoms with Crippen molar-refractivity contribution in [3.8, 4) is 5.75 Å². The Morgan fingerprint density at radius 2 is 1.71 bits per heavy atom. The first kappa shape index (κ1) is 25.3. The molecule has 2 rings (SSSR count). The predicted octanol–water partition coefficient (Wildman–Crippen LogP) is 5.67. The fourth-order valence-corrected chi connectivity index (χ4v) is 3.26. The van der Waals surface area contributed by atoms with E-state index in [9.17, 15) is 9.59 Å². The third-order valence-corrected chi connectivity index (χ3v) is 6.16. The molecule has 168 valence electrons.